The molecule has 3 aliphatic rings. The van der Waals surface area contributed by atoms with Crippen molar-refractivity contribution in [1.29, 1.82) is 0 Å². The highest BCUT2D eigenvalue weighted by Crippen LogP contribution is 2.54. The Morgan fingerprint density at radius 3 is 1.65 bits per heavy atom. The summed E-state index contributed by atoms with van der Waals surface area (Å²) in [5.74, 6) is -2.70. The number of ether oxygens (including phenoxy) is 5. The van der Waals surface area contributed by atoms with Crippen LogP contribution in [0.1, 0.15) is 64.0 Å². The maximum Gasteiger partial charge on any atom is 0.335 e. The van der Waals surface area contributed by atoms with E-state index in [1.165, 1.54) is 25.3 Å². The summed E-state index contributed by atoms with van der Waals surface area (Å²) >= 11 is 0. The van der Waals surface area contributed by atoms with Gasteiger partial charge in [-0.3, -0.25) is 32.4 Å². The van der Waals surface area contributed by atoms with Crippen LogP contribution in [0, 0.1) is 0 Å². The van der Waals surface area contributed by atoms with E-state index in [-0.39, 0.29) is 132 Å². The number of carbonyl (C=O) groups is 3. The Hall–Kier alpha value is -5.69. The minimum atomic E-state index is -5.15. The van der Waals surface area contributed by atoms with Crippen molar-refractivity contribution >= 4 is 107 Å². The summed E-state index contributed by atoms with van der Waals surface area (Å²) in [6.07, 6.45) is 4.46. The number of hydrogen-bond acceptors (Lipinski definition) is 20. The summed E-state index contributed by atoms with van der Waals surface area (Å²) in [4.78, 5) is 38.4. The first-order valence-corrected chi connectivity index (χ1v) is 32.8. The number of benzene rings is 4. The van der Waals surface area contributed by atoms with Gasteiger partial charge in [-0.15, -0.1) is 5.06 Å². The van der Waals surface area contributed by atoms with Gasteiger partial charge in [-0.1, -0.05) is 12.1 Å². The molecular formula is C51H62N3O24S5+. The van der Waals surface area contributed by atoms with Crippen LogP contribution in [-0.4, -0.2) is 183 Å². The molecule has 0 radical (unpaired) electrons. The van der Waals surface area contributed by atoms with Gasteiger partial charge in [-0.25, -0.2) is 4.79 Å². The summed E-state index contributed by atoms with van der Waals surface area (Å²) in [7, 11) is -23.5. The SMILES string of the molecule is COCCN1C(=CC=CC2=[N+](CCOCCOCCOCCOCCC(=O)ON3C(=O)CCC3=O)c3ccc4c(S(=O)(=O)O)cc(S(=O)(=O)O)cc4c3C2(C)C)C(C)(CCCS(=O)(=O)O)c2c1ccc1c(S(=O)(=O)O)cc(S(=O)(=O)O)cc21. The van der Waals surface area contributed by atoms with Crippen molar-refractivity contribution in [3.63, 3.8) is 0 Å². The average molecular weight is 1260 g/mol. The molecule has 0 spiro atoms. The molecule has 454 valence electrons. The second kappa shape index (κ2) is 25.5. The van der Waals surface area contributed by atoms with Crippen molar-refractivity contribution in [2.24, 2.45) is 0 Å². The smallest absolute Gasteiger partial charge is 0.335 e. The quantitative estimate of drug-likeness (QED) is 0.0222. The lowest BCUT2D eigenvalue weighted by Gasteiger charge is -2.31. The molecular weight excluding hydrogens is 1200 g/mol. The molecule has 1 fully saturated rings. The van der Waals surface area contributed by atoms with Gasteiger partial charge in [0.15, 0.2) is 12.3 Å². The van der Waals surface area contributed by atoms with Gasteiger partial charge < -0.3 is 33.4 Å². The molecule has 1 atom stereocenters. The summed E-state index contributed by atoms with van der Waals surface area (Å²) in [6, 6.07) is 9.18. The third kappa shape index (κ3) is 14.9. The fourth-order valence-corrected chi connectivity index (χ4v) is 13.7. The topological polar surface area (TPSA) is 388 Å². The minimum Gasteiger partial charge on any atom is -0.383 e. The van der Waals surface area contributed by atoms with Gasteiger partial charge >= 0.3 is 5.97 Å². The number of rotatable bonds is 29. The summed E-state index contributed by atoms with van der Waals surface area (Å²) < 4.78 is 207. The van der Waals surface area contributed by atoms with E-state index in [2.05, 4.69) is 0 Å². The maximum absolute atomic E-state index is 12.8. The lowest BCUT2D eigenvalue weighted by molar-refractivity contribution is -0.442. The van der Waals surface area contributed by atoms with E-state index in [0.717, 1.165) is 12.1 Å². The minimum absolute atomic E-state index is 0.0244. The molecule has 0 bridgehead atoms. The largest absolute Gasteiger partial charge is 0.383 e. The van der Waals surface area contributed by atoms with E-state index in [1.54, 1.807) is 50.0 Å². The number of allylic oxidation sites excluding steroid dienone is 4. The molecule has 4 aromatic carbocycles. The van der Waals surface area contributed by atoms with Crippen LogP contribution in [0.3, 0.4) is 0 Å². The fourth-order valence-electron chi connectivity index (χ4n) is 10.5. The lowest BCUT2D eigenvalue weighted by Crippen LogP contribution is -2.32. The van der Waals surface area contributed by atoms with Gasteiger partial charge in [0.2, 0.25) is 5.69 Å². The number of anilines is 1. The second-order valence-corrected chi connectivity index (χ2v) is 27.2. The predicted octanol–water partition coefficient (Wildman–Crippen LogP) is 3.95. The normalized spacial score (nSPS) is 18.2. The van der Waals surface area contributed by atoms with Crippen molar-refractivity contribution in [3.8, 4) is 0 Å². The predicted molar refractivity (Wildman–Crippen MR) is 294 cm³/mol. The molecule has 3 heterocycles. The first-order chi connectivity index (χ1) is 38.7. The molecule has 32 heteroatoms. The first kappa shape index (κ1) is 64.9. The summed E-state index contributed by atoms with van der Waals surface area (Å²) in [5.41, 5.74) is -0.154. The van der Waals surface area contributed by atoms with Crippen molar-refractivity contribution in [2.75, 3.05) is 90.3 Å². The number of fused-ring (bicyclic) bond motifs is 6. The standard InChI is InChI=1S/C51H61N3O24S5/c1-50(2)43(7-5-8-44-51(3,16-6-28-79(58,59)60)49-38-30-34(81(64,65)66)32-42(83(70,71)72)36(38)10-12-40(49)53(44)17-20-73-4)52(39-11-9-35-37(48(39)50)29-33(80(61,62)63)31-41(35)82(67,68)69)18-21-75-23-25-77-27-26-76-24-22-74-19-15-47(57)78-54-45(55)13-14-46(54)56/h5,7-12,29-32H,6,13-28H2,1-4H3,(H4-,58,59,60,61,62,63,64,65,66,67,68,69,70,71,72)/p+1. The van der Waals surface area contributed by atoms with Gasteiger partial charge in [-0.05, 0) is 92.4 Å². The van der Waals surface area contributed by atoms with Gasteiger partial charge in [0.1, 0.15) is 16.4 Å². The number of imide groups is 1. The number of nitrogens with zero attached hydrogens (tertiary/aromatic N) is 3. The Morgan fingerprint density at radius 2 is 1.14 bits per heavy atom. The molecule has 0 aromatic heterocycles. The number of hydroxylamine groups is 2. The van der Waals surface area contributed by atoms with E-state index < -0.39 is 105 Å². The van der Waals surface area contributed by atoms with Crippen LogP contribution >= 0.6 is 0 Å². The summed E-state index contributed by atoms with van der Waals surface area (Å²) in [5, 5.41) is 0.245. The van der Waals surface area contributed by atoms with E-state index in [1.807, 2.05) is 4.58 Å². The molecule has 4 aromatic rings. The average Bonchev–Trinajstić information content (AvgIpc) is 3.88. The van der Waals surface area contributed by atoms with Crippen LogP contribution in [-0.2, 0) is 104 Å². The molecule has 83 heavy (non-hydrogen) atoms. The molecule has 2 amide bonds. The van der Waals surface area contributed by atoms with Gasteiger partial charge in [0.25, 0.3) is 62.4 Å². The van der Waals surface area contributed by atoms with Crippen LogP contribution in [0.15, 0.2) is 92.0 Å². The monoisotopic (exact) mass is 1260 g/mol. The van der Waals surface area contributed by atoms with Gasteiger partial charge in [0.05, 0.1) is 80.2 Å². The molecule has 27 nitrogen and oxygen atoms in total. The van der Waals surface area contributed by atoms with Gasteiger partial charge in [0, 0.05) is 71.8 Å². The molecule has 0 aliphatic carbocycles. The van der Waals surface area contributed by atoms with Crippen LogP contribution < -0.4 is 4.90 Å². The molecule has 1 saturated heterocycles. The van der Waals surface area contributed by atoms with E-state index >= 15 is 0 Å². The second-order valence-electron chi connectivity index (χ2n) is 20.0. The van der Waals surface area contributed by atoms with Crippen molar-refractivity contribution in [3.05, 3.63) is 83.6 Å². The lowest BCUT2D eigenvalue weighted by atomic mass is 9.75. The Labute approximate surface area is 479 Å². The highest BCUT2D eigenvalue weighted by atomic mass is 32.2. The molecule has 5 N–H and O–H groups in total. The highest BCUT2D eigenvalue weighted by Gasteiger charge is 2.48. The highest BCUT2D eigenvalue weighted by molar-refractivity contribution is 7.87. The number of amides is 2. The van der Waals surface area contributed by atoms with E-state index in [4.69, 9.17) is 28.5 Å². The molecule has 3 aliphatic heterocycles. The van der Waals surface area contributed by atoms with Crippen LogP contribution in [0.4, 0.5) is 11.4 Å². The summed E-state index contributed by atoms with van der Waals surface area (Å²) in [6.45, 7) is 6.35. The van der Waals surface area contributed by atoms with E-state index in [0.29, 0.717) is 45.5 Å². The Balaban J connectivity index is 1.18. The Kier molecular flexibility index (Phi) is 19.9. The van der Waals surface area contributed by atoms with Crippen molar-refractivity contribution in [1.82, 2.24) is 5.06 Å². The molecule has 1 unspecified atom stereocenters. The van der Waals surface area contributed by atoms with Crippen LogP contribution in [0.2, 0.25) is 0 Å². The number of hydrogen-bond donors (Lipinski definition) is 5. The number of methoxy groups -OCH3 is 1. The van der Waals surface area contributed by atoms with E-state index in [9.17, 15) is 79.2 Å². The van der Waals surface area contributed by atoms with Crippen LogP contribution in [0.25, 0.3) is 21.5 Å². The third-order valence-corrected chi connectivity index (χ3v) is 18.4. The Morgan fingerprint density at radius 1 is 0.639 bits per heavy atom. The Bertz CT molecular complexity index is 3900. The zero-order chi connectivity index (χ0) is 61.1. The maximum atomic E-state index is 12.8. The fraction of sp³-hybridized carbons (Fsp3) is 0.451. The molecule has 7 rings (SSSR count). The van der Waals surface area contributed by atoms with Crippen molar-refractivity contribution in [2.45, 2.75) is 83.3 Å². The first-order valence-electron chi connectivity index (χ1n) is 25.5. The molecule has 0 saturated carbocycles. The van der Waals surface area contributed by atoms with Crippen LogP contribution in [0.5, 0.6) is 0 Å². The van der Waals surface area contributed by atoms with Gasteiger partial charge in [-0.2, -0.15) is 46.7 Å². The zero-order valence-electron chi connectivity index (χ0n) is 45.2. The van der Waals surface area contributed by atoms with Crippen molar-refractivity contribution < 1.29 is 112 Å². The zero-order valence-corrected chi connectivity index (χ0v) is 49.3. The number of carbonyl (C=O) groups excluding carboxylic acids is 3. The third-order valence-electron chi connectivity index (χ3n) is 14.1.